The molecule has 0 aliphatic carbocycles. The van der Waals surface area contributed by atoms with Crippen LogP contribution in [0, 0.1) is 0 Å². The van der Waals surface area contributed by atoms with E-state index < -0.39 is 0 Å². The lowest BCUT2D eigenvalue weighted by Crippen LogP contribution is -2.39. The van der Waals surface area contributed by atoms with Crippen molar-refractivity contribution in [2.75, 3.05) is 25.4 Å². The molecule has 1 atom stereocenters. The summed E-state index contributed by atoms with van der Waals surface area (Å²) in [5.41, 5.74) is 8.49. The molecule has 0 bridgehead atoms. The first-order valence-electron chi connectivity index (χ1n) is 10.3. The Labute approximate surface area is 183 Å². The van der Waals surface area contributed by atoms with Crippen LogP contribution in [0.4, 0.5) is 10.7 Å². The van der Waals surface area contributed by atoms with Gasteiger partial charge < -0.3 is 15.4 Å². The molecule has 0 radical (unpaired) electrons. The average Bonchev–Trinajstić information content (AvgIpc) is 3.24. The zero-order valence-corrected chi connectivity index (χ0v) is 18.5. The summed E-state index contributed by atoms with van der Waals surface area (Å²) in [6.07, 6.45) is 3.40. The first-order valence-corrected chi connectivity index (χ1v) is 11.1. The van der Waals surface area contributed by atoms with Crippen LogP contribution >= 0.6 is 15.9 Å². The minimum absolute atomic E-state index is 0.0313. The number of rotatable bonds is 5. The molecule has 2 N–H and O–H groups in total. The molecular formula is C21H25BrN6O2. The second-order valence-electron chi connectivity index (χ2n) is 7.46. The Bertz CT molecular complexity index is 1040. The van der Waals surface area contributed by atoms with E-state index in [-0.39, 0.29) is 18.0 Å². The number of carbonyl (C=O) groups excluding carboxylic acids is 1. The lowest BCUT2D eigenvalue weighted by Gasteiger charge is -2.30. The monoisotopic (exact) mass is 472 g/mol. The van der Waals surface area contributed by atoms with Crippen molar-refractivity contribution >= 4 is 33.6 Å². The minimum Gasteiger partial charge on any atom is -0.449 e. The van der Waals surface area contributed by atoms with Gasteiger partial charge in [0, 0.05) is 24.6 Å². The van der Waals surface area contributed by atoms with E-state index >= 15 is 0 Å². The first-order chi connectivity index (χ1) is 14.6. The van der Waals surface area contributed by atoms with E-state index in [0.717, 1.165) is 41.4 Å². The highest BCUT2D eigenvalue weighted by Gasteiger charge is 2.29. The van der Waals surface area contributed by atoms with Crippen LogP contribution in [0.2, 0.25) is 0 Å². The van der Waals surface area contributed by atoms with Crippen molar-refractivity contribution < 1.29 is 9.53 Å². The molecule has 3 aromatic rings. The molecule has 9 heteroatoms. The molecule has 1 aliphatic rings. The Kier molecular flexibility index (Phi) is 6.17. The summed E-state index contributed by atoms with van der Waals surface area (Å²) in [6.45, 7) is 3.76. The number of nitrogens with zero attached hydrogens (tertiary/aromatic N) is 5. The highest BCUT2D eigenvalue weighted by Crippen LogP contribution is 2.32. The molecular weight excluding hydrogens is 448 g/mol. The normalized spacial score (nSPS) is 16.7. The van der Waals surface area contributed by atoms with Gasteiger partial charge in [0.15, 0.2) is 11.5 Å². The number of piperidine rings is 1. The molecule has 158 valence electrons. The predicted molar refractivity (Wildman–Crippen MR) is 118 cm³/mol. The zero-order valence-electron chi connectivity index (χ0n) is 16.9. The van der Waals surface area contributed by atoms with Crippen LogP contribution in [0.15, 0.2) is 34.8 Å². The molecule has 1 fully saturated rings. The number of nitrogens with two attached hydrogens (primary N) is 1. The third-order valence-corrected chi connectivity index (χ3v) is 6.02. The summed E-state index contributed by atoms with van der Waals surface area (Å²) in [5, 5.41) is 4.61. The van der Waals surface area contributed by atoms with E-state index in [1.165, 1.54) is 0 Å². The second-order valence-corrected chi connectivity index (χ2v) is 8.25. The molecule has 1 aliphatic heterocycles. The highest BCUT2D eigenvalue weighted by atomic mass is 79.9. The largest absolute Gasteiger partial charge is 0.449 e. The number of fused-ring (bicyclic) bond motifs is 1. The van der Waals surface area contributed by atoms with Crippen LogP contribution in [0.1, 0.15) is 44.3 Å². The number of unbranched alkanes of at least 4 members (excludes halogenated alkanes) is 1. The third-order valence-electron chi connectivity index (χ3n) is 5.29. The number of ether oxygens (including phenoxy) is 1. The standard InChI is InChI=1S/C21H25BrN6O2/c1-2-3-12-30-21(29)27-11-7-10-15(13-27)18-25-19-16(22)17(14-8-5-4-6-9-14)24-20(23)28(19)26-18/h4-6,8-9,15H,2-3,7,10-13H2,1H3,(H2,23,24). The number of nitrogen functional groups attached to an aromatic ring is 1. The lowest BCUT2D eigenvalue weighted by atomic mass is 9.98. The SMILES string of the molecule is CCCCOC(=O)N1CCCC(c2nc3c(Br)c(-c4ccccc4)nc(N)n3n2)C1. The van der Waals surface area contributed by atoms with Gasteiger partial charge in [-0.05, 0) is 35.2 Å². The highest BCUT2D eigenvalue weighted by molar-refractivity contribution is 9.10. The molecule has 3 heterocycles. The summed E-state index contributed by atoms with van der Waals surface area (Å²) in [6, 6.07) is 9.81. The number of anilines is 1. The van der Waals surface area contributed by atoms with Crippen molar-refractivity contribution in [3.63, 3.8) is 0 Å². The van der Waals surface area contributed by atoms with E-state index in [1.807, 2.05) is 30.3 Å². The van der Waals surface area contributed by atoms with Gasteiger partial charge in [-0.1, -0.05) is 43.7 Å². The molecule has 2 aromatic heterocycles. The second kappa shape index (κ2) is 8.99. The molecule has 0 saturated carbocycles. The smallest absolute Gasteiger partial charge is 0.409 e. The first kappa shape index (κ1) is 20.6. The Morgan fingerprint density at radius 2 is 2.10 bits per heavy atom. The zero-order chi connectivity index (χ0) is 21.1. The Morgan fingerprint density at radius 1 is 1.30 bits per heavy atom. The fourth-order valence-corrected chi connectivity index (χ4v) is 4.23. The van der Waals surface area contributed by atoms with Crippen LogP contribution in [0.3, 0.4) is 0 Å². The predicted octanol–water partition coefficient (Wildman–Crippen LogP) is 4.25. The molecule has 1 saturated heterocycles. The van der Waals surface area contributed by atoms with E-state index in [9.17, 15) is 4.79 Å². The summed E-state index contributed by atoms with van der Waals surface area (Å²) < 4.78 is 7.68. The van der Waals surface area contributed by atoms with Crippen molar-refractivity contribution in [2.45, 2.75) is 38.5 Å². The third kappa shape index (κ3) is 4.12. The summed E-state index contributed by atoms with van der Waals surface area (Å²) in [7, 11) is 0. The van der Waals surface area contributed by atoms with Gasteiger partial charge in [-0.2, -0.15) is 4.52 Å². The number of hydrogen-bond donors (Lipinski definition) is 1. The summed E-state index contributed by atoms with van der Waals surface area (Å²) in [5.74, 6) is 0.974. The van der Waals surface area contributed by atoms with Crippen LogP contribution in [-0.4, -0.2) is 50.3 Å². The van der Waals surface area contributed by atoms with Crippen LogP contribution in [0.5, 0.6) is 0 Å². The fourth-order valence-electron chi connectivity index (χ4n) is 3.66. The van der Waals surface area contributed by atoms with Gasteiger partial charge >= 0.3 is 6.09 Å². The maximum Gasteiger partial charge on any atom is 0.409 e. The van der Waals surface area contributed by atoms with Gasteiger partial charge in [-0.25, -0.2) is 14.8 Å². The number of halogens is 1. The number of carbonyl (C=O) groups is 1. The number of benzene rings is 1. The molecule has 8 nitrogen and oxygen atoms in total. The van der Waals surface area contributed by atoms with Gasteiger partial charge in [-0.3, -0.25) is 0 Å². The van der Waals surface area contributed by atoms with Gasteiger partial charge in [0.25, 0.3) is 0 Å². The Hall–Kier alpha value is -2.68. The molecule has 30 heavy (non-hydrogen) atoms. The minimum atomic E-state index is -0.259. The lowest BCUT2D eigenvalue weighted by molar-refractivity contribution is 0.0898. The Morgan fingerprint density at radius 3 is 2.87 bits per heavy atom. The maximum atomic E-state index is 12.4. The summed E-state index contributed by atoms with van der Waals surface area (Å²) in [4.78, 5) is 23.4. The molecule has 1 amide bonds. The van der Waals surface area contributed by atoms with Gasteiger partial charge in [0.2, 0.25) is 5.95 Å². The number of hydrogen-bond acceptors (Lipinski definition) is 6. The average molecular weight is 473 g/mol. The van der Waals surface area contributed by atoms with Gasteiger partial charge in [0.1, 0.15) is 0 Å². The maximum absolute atomic E-state index is 12.4. The molecule has 0 spiro atoms. The fraction of sp³-hybridized carbons (Fsp3) is 0.429. The van der Waals surface area contributed by atoms with Crippen molar-refractivity contribution in [1.29, 1.82) is 0 Å². The Balaban J connectivity index is 1.60. The van der Waals surface area contributed by atoms with Crippen molar-refractivity contribution in [1.82, 2.24) is 24.5 Å². The van der Waals surface area contributed by atoms with Crippen LogP contribution in [0.25, 0.3) is 16.9 Å². The summed E-state index contributed by atoms with van der Waals surface area (Å²) >= 11 is 3.63. The van der Waals surface area contributed by atoms with E-state index in [4.69, 9.17) is 15.5 Å². The van der Waals surface area contributed by atoms with Crippen molar-refractivity contribution in [3.8, 4) is 11.3 Å². The van der Waals surface area contributed by atoms with Crippen LogP contribution < -0.4 is 5.73 Å². The number of amides is 1. The van der Waals surface area contributed by atoms with E-state index in [0.29, 0.717) is 31.2 Å². The molecule has 1 unspecified atom stereocenters. The van der Waals surface area contributed by atoms with Crippen molar-refractivity contribution in [3.05, 3.63) is 40.6 Å². The molecule has 4 rings (SSSR count). The topological polar surface area (TPSA) is 98.6 Å². The van der Waals surface area contributed by atoms with E-state index in [2.05, 4.69) is 32.9 Å². The number of likely N-dealkylation sites (tertiary alicyclic amines) is 1. The molecule has 1 aromatic carbocycles. The van der Waals surface area contributed by atoms with Crippen LogP contribution in [-0.2, 0) is 4.74 Å². The van der Waals surface area contributed by atoms with E-state index in [1.54, 1.807) is 9.42 Å². The van der Waals surface area contributed by atoms with Gasteiger partial charge in [-0.15, -0.1) is 5.10 Å². The van der Waals surface area contributed by atoms with Gasteiger partial charge in [0.05, 0.1) is 16.8 Å². The quantitative estimate of drug-likeness (QED) is 0.557. The van der Waals surface area contributed by atoms with Crippen molar-refractivity contribution in [2.24, 2.45) is 0 Å². The number of aromatic nitrogens is 4.